The Bertz CT molecular complexity index is 615. The minimum Gasteiger partial charge on any atom is -0.461 e. The summed E-state index contributed by atoms with van der Waals surface area (Å²) in [6, 6.07) is 8.36. The van der Waals surface area contributed by atoms with E-state index in [-0.39, 0.29) is 0 Å². The van der Waals surface area contributed by atoms with E-state index in [9.17, 15) is 0 Å². The molecule has 2 aliphatic carbocycles. The van der Waals surface area contributed by atoms with Crippen molar-refractivity contribution in [2.24, 2.45) is 17.8 Å². The standard InChI is InChI=1S/C18H23NO/c1-12-17(16-4-2-3-5-18(16)20-12)11-19-10-15-9-13-6-7-14(15)8-13/h2-5,13-15,19H,6-11H2,1H3. The summed E-state index contributed by atoms with van der Waals surface area (Å²) in [7, 11) is 0. The molecule has 1 aromatic carbocycles. The Labute approximate surface area is 120 Å². The molecule has 2 aromatic rings. The Balaban J connectivity index is 1.42. The zero-order chi connectivity index (χ0) is 13.5. The SMILES string of the molecule is Cc1oc2ccccc2c1CNCC1CC2CCC1C2. The summed E-state index contributed by atoms with van der Waals surface area (Å²) < 4.78 is 5.83. The van der Waals surface area contributed by atoms with Crippen molar-refractivity contribution in [1.82, 2.24) is 5.32 Å². The maximum atomic E-state index is 5.83. The molecular formula is C18H23NO. The monoisotopic (exact) mass is 269 g/mol. The van der Waals surface area contributed by atoms with Gasteiger partial charge < -0.3 is 9.73 Å². The van der Waals surface area contributed by atoms with Gasteiger partial charge in [0.05, 0.1) is 0 Å². The number of hydrogen-bond donors (Lipinski definition) is 1. The van der Waals surface area contributed by atoms with E-state index < -0.39 is 0 Å². The van der Waals surface area contributed by atoms with Crippen LogP contribution in [0.1, 0.15) is 37.0 Å². The fourth-order valence-corrected chi connectivity index (χ4v) is 4.45. The molecule has 20 heavy (non-hydrogen) atoms. The lowest BCUT2D eigenvalue weighted by Crippen LogP contribution is -2.26. The minimum absolute atomic E-state index is 0.923. The second kappa shape index (κ2) is 4.92. The third-order valence-electron chi connectivity index (χ3n) is 5.49. The quantitative estimate of drug-likeness (QED) is 0.896. The average molecular weight is 269 g/mol. The van der Waals surface area contributed by atoms with Crippen molar-refractivity contribution in [3.8, 4) is 0 Å². The summed E-state index contributed by atoms with van der Waals surface area (Å²) in [6.45, 7) is 4.20. The van der Waals surface area contributed by atoms with E-state index in [1.165, 1.54) is 43.2 Å². The molecule has 1 aromatic heterocycles. The maximum absolute atomic E-state index is 5.83. The van der Waals surface area contributed by atoms with Crippen molar-refractivity contribution in [3.05, 3.63) is 35.6 Å². The first kappa shape index (κ1) is 12.5. The highest BCUT2D eigenvalue weighted by atomic mass is 16.3. The lowest BCUT2D eigenvalue weighted by Gasteiger charge is -2.21. The average Bonchev–Trinajstić information content (AvgIpc) is 3.13. The molecule has 4 rings (SSSR count). The molecule has 2 aliphatic rings. The Morgan fingerprint density at radius 2 is 2.10 bits per heavy atom. The van der Waals surface area contributed by atoms with Crippen molar-refractivity contribution in [2.45, 2.75) is 39.2 Å². The number of aryl methyl sites for hydroxylation is 1. The number of furan rings is 1. The van der Waals surface area contributed by atoms with Gasteiger partial charge in [0.2, 0.25) is 0 Å². The van der Waals surface area contributed by atoms with Gasteiger partial charge in [0.25, 0.3) is 0 Å². The first-order chi connectivity index (χ1) is 9.81. The molecule has 2 heteroatoms. The third kappa shape index (κ3) is 2.07. The molecule has 0 amide bonds. The fraction of sp³-hybridized carbons (Fsp3) is 0.556. The van der Waals surface area contributed by atoms with Gasteiger partial charge in [0.15, 0.2) is 0 Å². The van der Waals surface area contributed by atoms with Crippen molar-refractivity contribution >= 4 is 11.0 Å². The van der Waals surface area contributed by atoms with Crippen LogP contribution < -0.4 is 5.32 Å². The summed E-state index contributed by atoms with van der Waals surface area (Å²) in [5, 5.41) is 4.96. The molecule has 2 nitrogen and oxygen atoms in total. The van der Waals surface area contributed by atoms with Crippen LogP contribution in [0.15, 0.2) is 28.7 Å². The molecular weight excluding hydrogens is 246 g/mol. The van der Waals surface area contributed by atoms with Gasteiger partial charge in [0.1, 0.15) is 11.3 Å². The molecule has 3 unspecified atom stereocenters. The van der Waals surface area contributed by atoms with Gasteiger partial charge >= 0.3 is 0 Å². The van der Waals surface area contributed by atoms with Crippen LogP contribution in [0.2, 0.25) is 0 Å². The second-order valence-corrected chi connectivity index (χ2v) is 6.70. The zero-order valence-electron chi connectivity index (χ0n) is 12.2. The molecule has 0 saturated heterocycles. The molecule has 3 atom stereocenters. The maximum Gasteiger partial charge on any atom is 0.134 e. The molecule has 0 spiro atoms. The highest BCUT2D eigenvalue weighted by Gasteiger charge is 2.38. The van der Waals surface area contributed by atoms with Crippen molar-refractivity contribution in [2.75, 3.05) is 6.54 Å². The third-order valence-corrected chi connectivity index (χ3v) is 5.49. The highest BCUT2D eigenvalue weighted by molar-refractivity contribution is 5.82. The van der Waals surface area contributed by atoms with E-state index in [0.29, 0.717) is 0 Å². The van der Waals surface area contributed by atoms with Gasteiger partial charge in [-0.1, -0.05) is 24.6 Å². The minimum atomic E-state index is 0.923. The lowest BCUT2D eigenvalue weighted by atomic mass is 9.89. The van der Waals surface area contributed by atoms with Gasteiger partial charge in [-0.05, 0) is 56.6 Å². The summed E-state index contributed by atoms with van der Waals surface area (Å²) in [6.07, 6.45) is 5.93. The van der Waals surface area contributed by atoms with Crippen LogP contribution in [0.3, 0.4) is 0 Å². The lowest BCUT2D eigenvalue weighted by molar-refractivity contribution is 0.318. The number of rotatable bonds is 4. The predicted octanol–water partition coefficient (Wildman–Crippen LogP) is 4.27. The summed E-state index contributed by atoms with van der Waals surface area (Å²) >= 11 is 0. The van der Waals surface area contributed by atoms with Crippen LogP contribution in [-0.2, 0) is 6.54 Å². The number of nitrogens with one attached hydrogen (secondary N) is 1. The second-order valence-electron chi connectivity index (χ2n) is 6.70. The Hall–Kier alpha value is -1.28. The molecule has 1 N–H and O–H groups in total. The van der Waals surface area contributed by atoms with Crippen LogP contribution in [0, 0.1) is 24.7 Å². The fourth-order valence-electron chi connectivity index (χ4n) is 4.45. The van der Waals surface area contributed by atoms with Gasteiger partial charge in [0, 0.05) is 17.5 Å². The van der Waals surface area contributed by atoms with Crippen LogP contribution in [0.25, 0.3) is 11.0 Å². The molecule has 0 radical (unpaired) electrons. The first-order valence-electron chi connectivity index (χ1n) is 7.99. The number of para-hydroxylation sites is 1. The van der Waals surface area contributed by atoms with Crippen LogP contribution >= 0.6 is 0 Å². The Kier molecular flexibility index (Phi) is 3.07. The topological polar surface area (TPSA) is 25.2 Å². The molecule has 2 bridgehead atoms. The van der Waals surface area contributed by atoms with E-state index in [4.69, 9.17) is 4.42 Å². The van der Waals surface area contributed by atoms with E-state index in [1.807, 2.05) is 6.07 Å². The van der Waals surface area contributed by atoms with Crippen molar-refractivity contribution in [3.63, 3.8) is 0 Å². The number of hydrogen-bond acceptors (Lipinski definition) is 2. The molecule has 2 saturated carbocycles. The van der Waals surface area contributed by atoms with Crippen LogP contribution in [0.4, 0.5) is 0 Å². The van der Waals surface area contributed by atoms with Gasteiger partial charge in [-0.3, -0.25) is 0 Å². The molecule has 106 valence electrons. The summed E-state index contributed by atoms with van der Waals surface area (Å²) in [4.78, 5) is 0. The smallest absolute Gasteiger partial charge is 0.134 e. The van der Waals surface area contributed by atoms with E-state index in [1.54, 1.807) is 0 Å². The Morgan fingerprint density at radius 3 is 2.90 bits per heavy atom. The normalized spacial score (nSPS) is 28.6. The number of fused-ring (bicyclic) bond motifs is 3. The highest BCUT2D eigenvalue weighted by Crippen LogP contribution is 2.47. The summed E-state index contributed by atoms with van der Waals surface area (Å²) in [5.74, 6) is 4.04. The van der Waals surface area contributed by atoms with E-state index in [2.05, 4.69) is 30.4 Å². The van der Waals surface area contributed by atoms with Crippen LogP contribution in [-0.4, -0.2) is 6.54 Å². The van der Waals surface area contributed by atoms with Gasteiger partial charge in [-0.15, -0.1) is 0 Å². The number of benzene rings is 1. The molecule has 2 fully saturated rings. The summed E-state index contributed by atoms with van der Waals surface area (Å²) in [5.41, 5.74) is 2.35. The van der Waals surface area contributed by atoms with Gasteiger partial charge in [-0.2, -0.15) is 0 Å². The van der Waals surface area contributed by atoms with Gasteiger partial charge in [-0.25, -0.2) is 0 Å². The molecule has 0 aliphatic heterocycles. The van der Waals surface area contributed by atoms with E-state index in [0.717, 1.165) is 35.6 Å². The molecule has 1 heterocycles. The zero-order valence-corrected chi connectivity index (χ0v) is 12.2. The largest absolute Gasteiger partial charge is 0.461 e. The van der Waals surface area contributed by atoms with E-state index >= 15 is 0 Å². The predicted molar refractivity (Wildman–Crippen MR) is 81.6 cm³/mol. The Morgan fingerprint density at radius 1 is 1.20 bits per heavy atom. The van der Waals surface area contributed by atoms with Crippen molar-refractivity contribution in [1.29, 1.82) is 0 Å². The van der Waals surface area contributed by atoms with Crippen LogP contribution in [0.5, 0.6) is 0 Å². The first-order valence-corrected chi connectivity index (χ1v) is 7.99. The van der Waals surface area contributed by atoms with Crippen molar-refractivity contribution < 1.29 is 4.42 Å².